The zero-order valence-corrected chi connectivity index (χ0v) is 8.49. The van der Waals surface area contributed by atoms with Crippen molar-refractivity contribution >= 4 is 5.78 Å². The van der Waals surface area contributed by atoms with Crippen molar-refractivity contribution in [2.45, 2.75) is 20.5 Å². The van der Waals surface area contributed by atoms with Gasteiger partial charge in [-0.1, -0.05) is 30.3 Å². The lowest BCUT2D eigenvalue weighted by Crippen LogP contribution is -1.93. The summed E-state index contributed by atoms with van der Waals surface area (Å²) in [6.07, 6.45) is 1.49. The minimum absolute atomic E-state index is 0.00978. The van der Waals surface area contributed by atoms with Gasteiger partial charge in [-0.2, -0.15) is 0 Å². The Kier molecular flexibility index (Phi) is 3.92. The second-order valence-electron chi connectivity index (χ2n) is 3.14. The molecule has 74 valence electrons. The van der Waals surface area contributed by atoms with E-state index in [1.54, 1.807) is 6.92 Å². The Hall–Kier alpha value is -1.57. The highest BCUT2D eigenvalue weighted by Crippen LogP contribution is 2.04. The molecular formula is C12H14O2. The van der Waals surface area contributed by atoms with E-state index in [-0.39, 0.29) is 5.78 Å². The normalized spacial score (nSPS) is 11.1. The summed E-state index contributed by atoms with van der Waals surface area (Å²) >= 11 is 0. The van der Waals surface area contributed by atoms with Crippen LogP contribution in [0.3, 0.4) is 0 Å². The summed E-state index contributed by atoms with van der Waals surface area (Å²) in [6.45, 7) is 3.80. The number of hydrogen-bond donors (Lipinski definition) is 0. The van der Waals surface area contributed by atoms with Gasteiger partial charge in [0.1, 0.15) is 6.61 Å². The molecule has 0 unspecified atom stereocenters. The van der Waals surface area contributed by atoms with Crippen molar-refractivity contribution in [1.29, 1.82) is 0 Å². The number of carbonyl (C=O) groups is 1. The highest BCUT2D eigenvalue weighted by Gasteiger charge is 1.94. The molecule has 0 aliphatic carbocycles. The molecule has 0 N–H and O–H groups in total. The van der Waals surface area contributed by atoms with Gasteiger partial charge in [-0.15, -0.1) is 0 Å². The Balaban J connectivity index is 2.45. The van der Waals surface area contributed by atoms with E-state index in [0.717, 1.165) is 5.56 Å². The fourth-order valence-corrected chi connectivity index (χ4v) is 1.10. The fraction of sp³-hybridized carbons (Fsp3) is 0.250. The number of benzene rings is 1. The van der Waals surface area contributed by atoms with Gasteiger partial charge in [0.2, 0.25) is 0 Å². The number of allylic oxidation sites excluding steroid dienone is 2. The van der Waals surface area contributed by atoms with Gasteiger partial charge in [-0.3, -0.25) is 4.79 Å². The molecule has 0 saturated carbocycles. The highest BCUT2D eigenvalue weighted by atomic mass is 16.5. The van der Waals surface area contributed by atoms with Gasteiger partial charge in [0.15, 0.2) is 5.78 Å². The second kappa shape index (κ2) is 5.22. The van der Waals surface area contributed by atoms with Crippen LogP contribution in [0.15, 0.2) is 42.2 Å². The van der Waals surface area contributed by atoms with Crippen molar-refractivity contribution in [2.24, 2.45) is 0 Å². The third-order valence-electron chi connectivity index (χ3n) is 1.72. The van der Waals surface area contributed by atoms with Gasteiger partial charge in [0.05, 0.1) is 5.76 Å². The van der Waals surface area contributed by atoms with Crippen LogP contribution in [0.4, 0.5) is 0 Å². The molecule has 2 heteroatoms. The molecule has 14 heavy (non-hydrogen) atoms. The highest BCUT2D eigenvalue weighted by molar-refractivity contribution is 5.87. The molecule has 0 saturated heterocycles. The minimum Gasteiger partial charge on any atom is -0.493 e. The van der Waals surface area contributed by atoms with Gasteiger partial charge in [0, 0.05) is 6.08 Å². The molecule has 2 nitrogen and oxygen atoms in total. The van der Waals surface area contributed by atoms with Gasteiger partial charge < -0.3 is 4.74 Å². The average Bonchev–Trinajstić information content (AvgIpc) is 2.15. The van der Waals surface area contributed by atoms with Gasteiger partial charge in [0.25, 0.3) is 0 Å². The summed E-state index contributed by atoms with van der Waals surface area (Å²) in [6, 6.07) is 9.86. The van der Waals surface area contributed by atoms with E-state index in [0.29, 0.717) is 12.4 Å². The molecule has 1 aromatic rings. The summed E-state index contributed by atoms with van der Waals surface area (Å²) in [5, 5.41) is 0. The summed E-state index contributed by atoms with van der Waals surface area (Å²) in [5.74, 6) is 0.664. The average molecular weight is 190 g/mol. The first-order chi connectivity index (χ1) is 6.68. The Bertz CT molecular complexity index is 325. The van der Waals surface area contributed by atoms with E-state index < -0.39 is 0 Å². The van der Waals surface area contributed by atoms with E-state index in [4.69, 9.17) is 4.74 Å². The maximum atomic E-state index is 10.7. The number of carbonyl (C=O) groups excluding carboxylic acids is 1. The Labute approximate surface area is 84.2 Å². The summed E-state index contributed by atoms with van der Waals surface area (Å²) in [4.78, 5) is 10.7. The summed E-state index contributed by atoms with van der Waals surface area (Å²) in [5.41, 5.74) is 1.10. The van der Waals surface area contributed by atoms with Crippen LogP contribution in [0.2, 0.25) is 0 Å². The first kappa shape index (κ1) is 10.5. The van der Waals surface area contributed by atoms with Gasteiger partial charge in [-0.25, -0.2) is 0 Å². The molecule has 0 radical (unpaired) electrons. The van der Waals surface area contributed by atoms with Crippen molar-refractivity contribution in [1.82, 2.24) is 0 Å². The molecule has 1 rings (SSSR count). The van der Waals surface area contributed by atoms with E-state index in [1.165, 1.54) is 13.0 Å². The molecule has 0 aliphatic rings. The van der Waals surface area contributed by atoms with Crippen molar-refractivity contribution in [3.05, 3.63) is 47.7 Å². The number of ketones is 1. The molecule has 0 bridgehead atoms. The SMILES string of the molecule is CC(=O)C=C(C)OCc1ccccc1. The lowest BCUT2D eigenvalue weighted by molar-refractivity contribution is -0.112. The zero-order chi connectivity index (χ0) is 10.4. The fourth-order valence-electron chi connectivity index (χ4n) is 1.10. The molecule has 0 heterocycles. The standard InChI is InChI=1S/C12H14O2/c1-10(13)8-11(2)14-9-12-6-4-3-5-7-12/h3-8H,9H2,1-2H3. The monoisotopic (exact) mass is 190 g/mol. The zero-order valence-electron chi connectivity index (χ0n) is 8.49. The van der Waals surface area contributed by atoms with Crippen LogP contribution in [0, 0.1) is 0 Å². The maximum absolute atomic E-state index is 10.7. The summed E-state index contributed by atoms with van der Waals surface area (Å²) < 4.78 is 5.38. The molecule has 0 fully saturated rings. The number of rotatable bonds is 4. The predicted octanol–water partition coefficient (Wildman–Crippen LogP) is 2.70. The van der Waals surface area contributed by atoms with Crippen molar-refractivity contribution in [3.8, 4) is 0 Å². The largest absolute Gasteiger partial charge is 0.493 e. The molecule has 0 aromatic heterocycles. The van der Waals surface area contributed by atoms with Crippen LogP contribution in [-0.2, 0) is 16.1 Å². The Morgan fingerprint density at radius 2 is 1.93 bits per heavy atom. The molecule has 0 amide bonds. The van der Waals surface area contributed by atoms with Gasteiger partial charge in [-0.05, 0) is 19.4 Å². The van der Waals surface area contributed by atoms with E-state index >= 15 is 0 Å². The van der Waals surface area contributed by atoms with Crippen LogP contribution >= 0.6 is 0 Å². The predicted molar refractivity (Wildman–Crippen MR) is 55.7 cm³/mol. The van der Waals surface area contributed by atoms with Crippen LogP contribution in [0.1, 0.15) is 19.4 Å². The molecule has 0 spiro atoms. The number of hydrogen-bond acceptors (Lipinski definition) is 2. The Morgan fingerprint density at radius 3 is 2.50 bits per heavy atom. The third kappa shape index (κ3) is 3.90. The smallest absolute Gasteiger partial charge is 0.155 e. The van der Waals surface area contributed by atoms with E-state index in [9.17, 15) is 4.79 Å². The van der Waals surface area contributed by atoms with E-state index in [1.807, 2.05) is 30.3 Å². The first-order valence-corrected chi connectivity index (χ1v) is 4.54. The van der Waals surface area contributed by atoms with Crippen molar-refractivity contribution in [2.75, 3.05) is 0 Å². The lowest BCUT2D eigenvalue weighted by Gasteiger charge is -2.05. The van der Waals surface area contributed by atoms with Crippen molar-refractivity contribution in [3.63, 3.8) is 0 Å². The van der Waals surface area contributed by atoms with Crippen LogP contribution in [0.25, 0.3) is 0 Å². The lowest BCUT2D eigenvalue weighted by atomic mass is 10.2. The topological polar surface area (TPSA) is 26.3 Å². The Morgan fingerprint density at radius 1 is 1.29 bits per heavy atom. The van der Waals surface area contributed by atoms with Crippen LogP contribution < -0.4 is 0 Å². The number of ether oxygens (including phenoxy) is 1. The molecule has 0 atom stereocenters. The third-order valence-corrected chi connectivity index (χ3v) is 1.72. The maximum Gasteiger partial charge on any atom is 0.155 e. The minimum atomic E-state index is 0.00978. The summed E-state index contributed by atoms with van der Waals surface area (Å²) in [7, 11) is 0. The molecule has 0 aliphatic heterocycles. The quantitative estimate of drug-likeness (QED) is 0.539. The second-order valence-corrected chi connectivity index (χ2v) is 3.14. The van der Waals surface area contributed by atoms with Crippen LogP contribution in [0.5, 0.6) is 0 Å². The molecular weight excluding hydrogens is 176 g/mol. The molecule has 1 aromatic carbocycles. The van der Waals surface area contributed by atoms with Crippen molar-refractivity contribution < 1.29 is 9.53 Å². The van der Waals surface area contributed by atoms with Gasteiger partial charge >= 0.3 is 0 Å². The van der Waals surface area contributed by atoms with E-state index in [2.05, 4.69) is 0 Å². The van der Waals surface area contributed by atoms with Crippen LogP contribution in [-0.4, -0.2) is 5.78 Å². The first-order valence-electron chi connectivity index (χ1n) is 4.54.